The molecule has 6 nitrogen and oxygen atoms in total. The average molecular weight is 379 g/mol. The summed E-state index contributed by atoms with van der Waals surface area (Å²) < 4.78 is 52.7. The van der Waals surface area contributed by atoms with Crippen molar-refractivity contribution >= 4 is 15.9 Å². The van der Waals surface area contributed by atoms with Gasteiger partial charge in [0, 0.05) is 13.1 Å². The zero-order chi connectivity index (χ0) is 19.2. The van der Waals surface area contributed by atoms with E-state index in [1.165, 1.54) is 18.2 Å². The van der Waals surface area contributed by atoms with Gasteiger partial charge >= 0.3 is 0 Å². The molecule has 0 saturated carbocycles. The van der Waals surface area contributed by atoms with Crippen LogP contribution >= 0.6 is 0 Å². The van der Waals surface area contributed by atoms with Gasteiger partial charge < -0.3 is 5.32 Å². The number of hydrogen-bond acceptors (Lipinski definition) is 4. The zero-order valence-corrected chi connectivity index (χ0v) is 14.3. The smallest absolute Gasteiger partial charge is 0.240 e. The van der Waals surface area contributed by atoms with Gasteiger partial charge in [-0.05, 0) is 35.9 Å². The molecular formula is C17H15F2N3O3S. The summed E-state index contributed by atoms with van der Waals surface area (Å²) in [5, 5.41) is 11.3. The molecule has 2 rings (SSSR count). The Morgan fingerprint density at radius 3 is 2.58 bits per heavy atom. The van der Waals surface area contributed by atoms with Crippen molar-refractivity contribution in [2.75, 3.05) is 13.1 Å². The first-order valence-electron chi connectivity index (χ1n) is 7.52. The summed E-state index contributed by atoms with van der Waals surface area (Å²) >= 11 is 0. The molecule has 0 aliphatic rings. The number of benzene rings is 2. The highest BCUT2D eigenvalue weighted by molar-refractivity contribution is 7.89. The van der Waals surface area contributed by atoms with Gasteiger partial charge in [0.2, 0.25) is 15.9 Å². The summed E-state index contributed by atoms with van der Waals surface area (Å²) in [6.45, 7) is -0.0871. The minimum Gasteiger partial charge on any atom is -0.355 e. The standard InChI is InChI=1S/C17H15F2N3O3S/c18-14-3-1-2-12(8-14)9-17(23)21-6-7-22-26(24,25)15-4-5-16(19)13(10-15)11-20/h1-5,8,10,22H,6-7,9H2,(H,21,23). The van der Waals surface area contributed by atoms with Crippen LogP contribution in [0, 0.1) is 23.0 Å². The maximum atomic E-state index is 13.2. The quantitative estimate of drug-likeness (QED) is 0.712. The number of amides is 1. The maximum Gasteiger partial charge on any atom is 0.240 e. The molecule has 0 atom stereocenters. The third-order valence-corrected chi connectivity index (χ3v) is 4.82. The van der Waals surface area contributed by atoms with Crippen LogP contribution in [0.2, 0.25) is 0 Å². The molecule has 0 fully saturated rings. The molecule has 0 spiro atoms. The van der Waals surface area contributed by atoms with Crippen molar-refractivity contribution in [1.82, 2.24) is 10.0 Å². The van der Waals surface area contributed by atoms with E-state index in [4.69, 9.17) is 5.26 Å². The van der Waals surface area contributed by atoms with Crippen LogP contribution in [0.15, 0.2) is 47.4 Å². The van der Waals surface area contributed by atoms with Crippen LogP contribution in [0.1, 0.15) is 11.1 Å². The van der Waals surface area contributed by atoms with E-state index in [1.54, 1.807) is 12.1 Å². The van der Waals surface area contributed by atoms with E-state index in [-0.39, 0.29) is 35.9 Å². The first-order valence-corrected chi connectivity index (χ1v) is 9.00. The van der Waals surface area contributed by atoms with Crippen molar-refractivity contribution in [3.8, 4) is 6.07 Å². The second-order valence-electron chi connectivity index (χ2n) is 5.31. The lowest BCUT2D eigenvalue weighted by Gasteiger charge is -2.09. The molecule has 2 aromatic rings. The van der Waals surface area contributed by atoms with E-state index < -0.39 is 21.7 Å². The molecule has 9 heteroatoms. The molecule has 2 N–H and O–H groups in total. The van der Waals surface area contributed by atoms with E-state index >= 15 is 0 Å². The molecule has 2 aromatic carbocycles. The van der Waals surface area contributed by atoms with E-state index in [0.717, 1.165) is 18.2 Å². The Bertz CT molecular complexity index is 956. The monoisotopic (exact) mass is 379 g/mol. The average Bonchev–Trinajstić information content (AvgIpc) is 2.59. The number of carbonyl (C=O) groups is 1. The minimum absolute atomic E-state index is 0.0136. The van der Waals surface area contributed by atoms with Gasteiger partial charge in [-0.3, -0.25) is 4.79 Å². The normalized spacial score (nSPS) is 11.0. The van der Waals surface area contributed by atoms with Crippen molar-refractivity contribution in [2.45, 2.75) is 11.3 Å². The SMILES string of the molecule is N#Cc1cc(S(=O)(=O)NCCNC(=O)Cc2cccc(F)c2)ccc1F. The Morgan fingerprint density at radius 1 is 1.12 bits per heavy atom. The topological polar surface area (TPSA) is 99.1 Å². The number of hydrogen-bond donors (Lipinski definition) is 2. The first kappa shape index (κ1) is 19.5. The van der Waals surface area contributed by atoms with Crippen LogP contribution in [-0.2, 0) is 21.2 Å². The molecule has 0 saturated heterocycles. The highest BCUT2D eigenvalue weighted by Crippen LogP contribution is 2.14. The van der Waals surface area contributed by atoms with Crippen LogP contribution < -0.4 is 10.0 Å². The molecule has 0 aliphatic carbocycles. The summed E-state index contributed by atoms with van der Waals surface area (Å²) in [6, 6.07) is 10.0. The third-order valence-electron chi connectivity index (χ3n) is 3.36. The van der Waals surface area contributed by atoms with Gasteiger partial charge in [-0.2, -0.15) is 5.26 Å². The number of halogens is 2. The van der Waals surface area contributed by atoms with Crippen molar-refractivity contribution in [3.05, 3.63) is 65.2 Å². The lowest BCUT2D eigenvalue weighted by atomic mass is 10.1. The fourth-order valence-corrected chi connectivity index (χ4v) is 3.18. The summed E-state index contributed by atoms with van der Waals surface area (Å²) in [7, 11) is -3.94. The van der Waals surface area contributed by atoms with Crippen molar-refractivity contribution in [1.29, 1.82) is 5.26 Å². The number of carbonyl (C=O) groups excluding carboxylic acids is 1. The van der Waals surface area contributed by atoms with Crippen LogP contribution in [-0.4, -0.2) is 27.4 Å². The molecule has 0 bridgehead atoms. The lowest BCUT2D eigenvalue weighted by molar-refractivity contribution is -0.120. The number of rotatable bonds is 7. The van der Waals surface area contributed by atoms with Crippen LogP contribution in [0.4, 0.5) is 8.78 Å². The Balaban J connectivity index is 1.85. The summed E-state index contributed by atoms with van der Waals surface area (Å²) in [5.41, 5.74) is 0.120. The minimum atomic E-state index is -3.94. The van der Waals surface area contributed by atoms with Crippen molar-refractivity contribution in [3.63, 3.8) is 0 Å². The molecule has 0 unspecified atom stereocenters. The molecule has 0 aromatic heterocycles. The van der Waals surface area contributed by atoms with Gasteiger partial charge in [-0.1, -0.05) is 12.1 Å². The number of nitriles is 1. The molecular weight excluding hydrogens is 364 g/mol. The third kappa shape index (κ3) is 5.34. The lowest BCUT2D eigenvalue weighted by Crippen LogP contribution is -2.35. The second-order valence-corrected chi connectivity index (χ2v) is 7.07. The number of nitrogens with zero attached hydrogens (tertiary/aromatic N) is 1. The molecule has 1 amide bonds. The first-order chi connectivity index (χ1) is 12.3. The molecule has 0 radical (unpaired) electrons. The van der Waals surface area contributed by atoms with E-state index in [9.17, 15) is 22.0 Å². The summed E-state index contributed by atoms with van der Waals surface area (Å²) in [5.74, 6) is -1.64. The van der Waals surface area contributed by atoms with E-state index in [1.807, 2.05) is 0 Å². The second kappa shape index (κ2) is 8.51. The largest absolute Gasteiger partial charge is 0.355 e. The van der Waals surface area contributed by atoms with Crippen molar-refractivity contribution in [2.24, 2.45) is 0 Å². The van der Waals surface area contributed by atoms with Gasteiger partial charge in [0.25, 0.3) is 0 Å². The molecule has 26 heavy (non-hydrogen) atoms. The van der Waals surface area contributed by atoms with Gasteiger partial charge in [-0.15, -0.1) is 0 Å². The molecule has 0 aliphatic heterocycles. The zero-order valence-electron chi connectivity index (χ0n) is 13.5. The molecule has 136 valence electrons. The van der Waals surface area contributed by atoms with Gasteiger partial charge in [0.15, 0.2) is 0 Å². The Kier molecular flexibility index (Phi) is 6.38. The van der Waals surface area contributed by atoms with Gasteiger partial charge in [0.05, 0.1) is 16.9 Å². The van der Waals surface area contributed by atoms with Crippen LogP contribution in [0.3, 0.4) is 0 Å². The van der Waals surface area contributed by atoms with Gasteiger partial charge in [-0.25, -0.2) is 21.9 Å². The van der Waals surface area contributed by atoms with Crippen molar-refractivity contribution < 1.29 is 22.0 Å². The summed E-state index contributed by atoms with van der Waals surface area (Å²) in [4.78, 5) is 11.5. The number of nitrogens with one attached hydrogen (secondary N) is 2. The number of sulfonamides is 1. The molecule has 0 heterocycles. The fourth-order valence-electron chi connectivity index (χ4n) is 2.12. The van der Waals surface area contributed by atoms with Crippen LogP contribution in [0.5, 0.6) is 0 Å². The van der Waals surface area contributed by atoms with Crippen LogP contribution in [0.25, 0.3) is 0 Å². The van der Waals surface area contributed by atoms with Gasteiger partial charge in [0.1, 0.15) is 17.7 Å². The van der Waals surface area contributed by atoms with E-state index in [2.05, 4.69) is 10.0 Å². The predicted octanol–water partition coefficient (Wildman–Crippen LogP) is 1.47. The fraction of sp³-hybridized carbons (Fsp3) is 0.176. The maximum absolute atomic E-state index is 13.2. The highest BCUT2D eigenvalue weighted by atomic mass is 32.2. The predicted molar refractivity (Wildman–Crippen MR) is 89.4 cm³/mol. The summed E-state index contributed by atoms with van der Waals surface area (Å²) in [6.07, 6.45) is -0.0337. The van der Waals surface area contributed by atoms with E-state index in [0.29, 0.717) is 5.56 Å². The Labute approximate surface area is 149 Å². The Morgan fingerprint density at radius 2 is 1.88 bits per heavy atom. The highest BCUT2D eigenvalue weighted by Gasteiger charge is 2.16. The Hall–Kier alpha value is -2.83.